The summed E-state index contributed by atoms with van der Waals surface area (Å²) in [6.45, 7) is 1.47. The summed E-state index contributed by atoms with van der Waals surface area (Å²) in [4.78, 5) is 23.9. The molecule has 1 aromatic heterocycles. The average molecular weight is 402 g/mol. The number of benzene rings is 2. The molecule has 0 spiro atoms. The molecule has 0 unspecified atom stereocenters. The largest absolute Gasteiger partial charge is 0.326 e. The van der Waals surface area contributed by atoms with E-state index in [9.17, 15) is 9.59 Å². The van der Waals surface area contributed by atoms with Crippen LogP contribution in [0.3, 0.4) is 0 Å². The van der Waals surface area contributed by atoms with E-state index in [1.165, 1.54) is 19.8 Å². The van der Waals surface area contributed by atoms with Crippen molar-refractivity contribution < 1.29 is 9.59 Å². The minimum Gasteiger partial charge on any atom is -0.326 e. The fourth-order valence-electron chi connectivity index (χ4n) is 3.96. The molecule has 0 atom stereocenters. The van der Waals surface area contributed by atoms with E-state index in [4.69, 9.17) is 5.10 Å². The van der Waals surface area contributed by atoms with Gasteiger partial charge in [0.15, 0.2) is 0 Å². The van der Waals surface area contributed by atoms with Gasteiger partial charge in [-0.15, -0.1) is 0 Å². The summed E-state index contributed by atoms with van der Waals surface area (Å²) in [5, 5.41) is 10.6. The number of hydrogen-bond acceptors (Lipinski definition) is 3. The molecule has 6 heteroatoms. The Morgan fingerprint density at radius 2 is 1.70 bits per heavy atom. The third-order valence-electron chi connectivity index (χ3n) is 5.41. The van der Waals surface area contributed by atoms with Crippen molar-refractivity contribution in [2.45, 2.75) is 44.9 Å². The van der Waals surface area contributed by atoms with Crippen LogP contribution in [-0.4, -0.2) is 21.6 Å². The quantitative estimate of drug-likeness (QED) is 0.629. The van der Waals surface area contributed by atoms with Gasteiger partial charge in [0.1, 0.15) is 5.82 Å². The second kappa shape index (κ2) is 8.95. The molecular weight excluding hydrogens is 376 g/mol. The van der Waals surface area contributed by atoms with E-state index < -0.39 is 0 Å². The molecule has 0 bridgehead atoms. The number of nitrogens with zero attached hydrogens (tertiary/aromatic N) is 2. The summed E-state index contributed by atoms with van der Waals surface area (Å²) in [6.07, 6.45) is 5.02. The van der Waals surface area contributed by atoms with Crippen molar-refractivity contribution in [2.24, 2.45) is 0 Å². The van der Waals surface area contributed by atoms with Crippen LogP contribution >= 0.6 is 0 Å². The maximum Gasteiger partial charge on any atom is 0.229 e. The second-order valence-electron chi connectivity index (χ2n) is 7.79. The molecular formula is C24H26N4O2. The molecule has 3 aromatic rings. The first-order chi connectivity index (χ1) is 14.6. The van der Waals surface area contributed by atoms with E-state index in [1.807, 2.05) is 53.2 Å². The molecule has 154 valence electrons. The van der Waals surface area contributed by atoms with Gasteiger partial charge in [0.2, 0.25) is 11.8 Å². The van der Waals surface area contributed by atoms with Gasteiger partial charge >= 0.3 is 0 Å². The van der Waals surface area contributed by atoms with Gasteiger partial charge in [-0.1, -0.05) is 43.2 Å². The molecule has 6 nitrogen and oxygen atoms in total. The Bertz CT molecular complexity index is 1020. The highest BCUT2D eigenvalue weighted by molar-refractivity contribution is 5.92. The number of anilines is 2. The first kappa shape index (κ1) is 19.9. The Kier molecular flexibility index (Phi) is 5.93. The minimum atomic E-state index is -0.118. The standard InChI is InChI=1S/C24H26N4O2/c1-17(29)25-20-13-11-18(12-14-20)15-24(30)26-23-16-22(19-7-5-6-8-19)27-28(23)21-9-3-2-4-10-21/h2-4,9-14,16,19H,5-8,15H2,1H3,(H,25,29)(H,26,30). The maximum atomic E-state index is 12.7. The number of rotatable bonds is 6. The zero-order chi connectivity index (χ0) is 20.9. The van der Waals surface area contributed by atoms with Crippen molar-refractivity contribution in [1.82, 2.24) is 9.78 Å². The van der Waals surface area contributed by atoms with E-state index in [0.29, 0.717) is 11.7 Å². The van der Waals surface area contributed by atoms with Crippen molar-refractivity contribution in [2.75, 3.05) is 10.6 Å². The van der Waals surface area contributed by atoms with Crippen LogP contribution < -0.4 is 10.6 Å². The van der Waals surface area contributed by atoms with E-state index in [-0.39, 0.29) is 18.2 Å². The summed E-state index contributed by atoms with van der Waals surface area (Å²) in [7, 11) is 0. The number of nitrogens with one attached hydrogen (secondary N) is 2. The lowest BCUT2D eigenvalue weighted by Gasteiger charge is -2.09. The SMILES string of the molecule is CC(=O)Nc1ccc(CC(=O)Nc2cc(C3CCCC3)nn2-c2ccccc2)cc1. The number of carbonyl (C=O) groups is 2. The van der Waals surface area contributed by atoms with Crippen molar-refractivity contribution in [3.63, 3.8) is 0 Å². The Balaban J connectivity index is 1.51. The Morgan fingerprint density at radius 1 is 1.00 bits per heavy atom. The van der Waals surface area contributed by atoms with Gasteiger partial charge in [0.05, 0.1) is 17.8 Å². The smallest absolute Gasteiger partial charge is 0.229 e. The van der Waals surface area contributed by atoms with Crippen molar-refractivity contribution in [1.29, 1.82) is 0 Å². The van der Waals surface area contributed by atoms with Gasteiger partial charge in [-0.25, -0.2) is 4.68 Å². The van der Waals surface area contributed by atoms with Crippen LogP contribution in [0.15, 0.2) is 60.7 Å². The predicted molar refractivity (Wildman–Crippen MR) is 118 cm³/mol. The number of aromatic nitrogens is 2. The topological polar surface area (TPSA) is 76.0 Å². The molecule has 0 saturated heterocycles. The van der Waals surface area contributed by atoms with E-state index in [1.54, 1.807) is 12.1 Å². The van der Waals surface area contributed by atoms with Crippen LogP contribution in [0.25, 0.3) is 5.69 Å². The third-order valence-corrected chi connectivity index (χ3v) is 5.41. The minimum absolute atomic E-state index is 0.0997. The monoisotopic (exact) mass is 402 g/mol. The van der Waals surface area contributed by atoms with Gasteiger partial charge in [-0.3, -0.25) is 9.59 Å². The zero-order valence-electron chi connectivity index (χ0n) is 17.1. The highest BCUT2D eigenvalue weighted by Gasteiger charge is 2.22. The molecule has 1 saturated carbocycles. The summed E-state index contributed by atoms with van der Waals surface area (Å²) in [6, 6.07) is 19.2. The lowest BCUT2D eigenvalue weighted by Crippen LogP contribution is -2.17. The summed E-state index contributed by atoms with van der Waals surface area (Å²) in [5.74, 6) is 0.944. The van der Waals surface area contributed by atoms with E-state index in [2.05, 4.69) is 10.6 Å². The first-order valence-electron chi connectivity index (χ1n) is 10.4. The Labute approximate surface area is 176 Å². The molecule has 1 heterocycles. The molecule has 2 aromatic carbocycles. The molecule has 0 radical (unpaired) electrons. The molecule has 1 aliphatic carbocycles. The lowest BCUT2D eigenvalue weighted by molar-refractivity contribution is -0.116. The van der Waals surface area contributed by atoms with Crippen LogP contribution in [0.4, 0.5) is 11.5 Å². The van der Waals surface area contributed by atoms with E-state index in [0.717, 1.165) is 35.5 Å². The third kappa shape index (κ3) is 4.76. The van der Waals surface area contributed by atoms with Gasteiger partial charge < -0.3 is 10.6 Å². The van der Waals surface area contributed by atoms with Crippen LogP contribution in [0.5, 0.6) is 0 Å². The Morgan fingerprint density at radius 3 is 2.37 bits per heavy atom. The van der Waals surface area contributed by atoms with Crippen LogP contribution in [0, 0.1) is 0 Å². The Hall–Kier alpha value is -3.41. The van der Waals surface area contributed by atoms with Crippen molar-refractivity contribution in [3.05, 3.63) is 71.9 Å². The van der Waals surface area contributed by atoms with Crippen LogP contribution in [-0.2, 0) is 16.0 Å². The molecule has 2 amide bonds. The molecule has 4 rings (SSSR count). The highest BCUT2D eigenvalue weighted by Crippen LogP contribution is 2.35. The maximum absolute atomic E-state index is 12.7. The molecule has 30 heavy (non-hydrogen) atoms. The molecule has 2 N–H and O–H groups in total. The fourth-order valence-corrected chi connectivity index (χ4v) is 3.96. The van der Waals surface area contributed by atoms with Gasteiger partial charge in [-0.05, 0) is 42.7 Å². The first-order valence-corrected chi connectivity index (χ1v) is 10.4. The van der Waals surface area contributed by atoms with Gasteiger partial charge in [-0.2, -0.15) is 5.10 Å². The van der Waals surface area contributed by atoms with E-state index >= 15 is 0 Å². The van der Waals surface area contributed by atoms with Crippen LogP contribution in [0.1, 0.15) is 49.8 Å². The zero-order valence-corrected chi connectivity index (χ0v) is 17.1. The molecule has 0 aliphatic heterocycles. The number of para-hydroxylation sites is 1. The van der Waals surface area contributed by atoms with Gasteiger partial charge in [0.25, 0.3) is 0 Å². The lowest BCUT2D eigenvalue weighted by atomic mass is 10.0. The second-order valence-corrected chi connectivity index (χ2v) is 7.79. The van der Waals surface area contributed by atoms with Gasteiger partial charge in [0, 0.05) is 24.6 Å². The fraction of sp³-hybridized carbons (Fsp3) is 0.292. The predicted octanol–water partition coefficient (Wildman–Crippen LogP) is 4.67. The average Bonchev–Trinajstić information content (AvgIpc) is 3.40. The summed E-state index contributed by atoms with van der Waals surface area (Å²) in [5.41, 5.74) is 3.57. The molecule has 1 aliphatic rings. The summed E-state index contributed by atoms with van der Waals surface area (Å²) >= 11 is 0. The normalized spacial score (nSPS) is 13.9. The van der Waals surface area contributed by atoms with Crippen molar-refractivity contribution in [3.8, 4) is 5.69 Å². The van der Waals surface area contributed by atoms with Crippen LogP contribution in [0.2, 0.25) is 0 Å². The molecule has 1 fully saturated rings. The number of carbonyl (C=O) groups excluding carboxylic acids is 2. The summed E-state index contributed by atoms with van der Waals surface area (Å²) < 4.78 is 1.82. The highest BCUT2D eigenvalue weighted by atomic mass is 16.2. The number of amides is 2. The number of hydrogen-bond donors (Lipinski definition) is 2. The van der Waals surface area contributed by atoms with Crippen molar-refractivity contribution >= 4 is 23.3 Å².